The number of rotatable bonds is 4. The Labute approximate surface area is 198 Å². The molecule has 1 atom stereocenters. The van der Waals surface area contributed by atoms with Gasteiger partial charge >= 0.3 is 0 Å². The molecule has 174 valence electrons. The van der Waals surface area contributed by atoms with Gasteiger partial charge in [-0.05, 0) is 24.3 Å². The van der Waals surface area contributed by atoms with Crippen LogP contribution in [0.15, 0.2) is 41.5 Å². The van der Waals surface area contributed by atoms with E-state index in [0.717, 1.165) is 5.56 Å². The van der Waals surface area contributed by atoms with E-state index >= 15 is 0 Å². The Morgan fingerprint density at radius 3 is 2.76 bits per heavy atom. The molecule has 0 aliphatic carbocycles. The molecule has 1 aliphatic rings. The molecular formula is C23H20ClFN6O3. The summed E-state index contributed by atoms with van der Waals surface area (Å²) in [6, 6.07) is 5.72. The van der Waals surface area contributed by atoms with Gasteiger partial charge in [0, 0.05) is 48.4 Å². The van der Waals surface area contributed by atoms with Crippen LogP contribution in [0.3, 0.4) is 0 Å². The van der Waals surface area contributed by atoms with Crippen molar-refractivity contribution in [1.29, 1.82) is 0 Å². The second kappa shape index (κ2) is 8.62. The van der Waals surface area contributed by atoms with E-state index in [1.165, 1.54) is 29.8 Å². The van der Waals surface area contributed by atoms with E-state index in [9.17, 15) is 14.0 Å². The molecule has 4 heterocycles. The molecule has 4 aromatic rings. The third-order valence-corrected chi connectivity index (χ3v) is 6.11. The summed E-state index contributed by atoms with van der Waals surface area (Å²) in [6.07, 6.45) is 3.91. The van der Waals surface area contributed by atoms with Crippen LogP contribution in [0.2, 0.25) is 5.02 Å². The predicted octanol–water partition coefficient (Wildman–Crippen LogP) is 2.91. The molecule has 5 rings (SSSR count). The van der Waals surface area contributed by atoms with Gasteiger partial charge in [0.05, 0.1) is 30.7 Å². The summed E-state index contributed by atoms with van der Waals surface area (Å²) in [6.45, 7) is 1.32. The number of pyridine rings is 1. The smallest absolute Gasteiger partial charge is 0.277 e. The first-order valence-electron chi connectivity index (χ1n) is 10.5. The Bertz CT molecular complexity index is 1480. The van der Waals surface area contributed by atoms with Gasteiger partial charge in [0.15, 0.2) is 6.29 Å². The van der Waals surface area contributed by atoms with Crippen molar-refractivity contribution < 1.29 is 13.9 Å². The van der Waals surface area contributed by atoms with Gasteiger partial charge in [0.2, 0.25) is 5.95 Å². The van der Waals surface area contributed by atoms with Crippen molar-refractivity contribution in [3.63, 3.8) is 0 Å². The minimum absolute atomic E-state index is 0.0897. The number of morpholine rings is 1. The van der Waals surface area contributed by atoms with Crippen molar-refractivity contribution in [2.75, 3.05) is 24.6 Å². The van der Waals surface area contributed by atoms with Crippen molar-refractivity contribution in [3.8, 4) is 11.3 Å². The highest BCUT2D eigenvalue weighted by atomic mass is 35.5. The predicted molar refractivity (Wildman–Crippen MR) is 125 cm³/mol. The minimum Gasteiger partial charge on any atom is -0.370 e. The Morgan fingerprint density at radius 1 is 1.24 bits per heavy atom. The van der Waals surface area contributed by atoms with E-state index in [2.05, 4.69) is 15.1 Å². The lowest BCUT2D eigenvalue weighted by Crippen LogP contribution is -2.39. The normalized spacial score (nSPS) is 16.2. The number of aromatic nitrogens is 5. The van der Waals surface area contributed by atoms with Crippen molar-refractivity contribution in [3.05, 3.63) is 69.1 Å². The number of fused-ring (bicyclic) bond motifs is 1. The molecule has 0 spiro atoms. The molecule has 1 saturated heterocycles. The molecule has 1 fully saturated rings. The summed E-state index contributed by atoms with van der Waals surface area (Å²) in [4.78, 5) is 35.7. The highest BCUT2D eigenvalue weighted by Gasteiger charge is 2.27. The van der Waals surface area contributed by atoms with Gasteiger partial charge in [-0.2, -0.15) is 5.10 Å². The average Bonchev–Trinajstić information content (AvgIpc) is 3.27. The van der Waals surface area contributed by atoms with Gasteiger partial charge in [0.1, 0.15) is 17.4 Å². The van der Waals surface area contributed by atoms with Crippen LogP contribution >= 0.6 is 11.6 Å². The van der Waals surface area contributed by atoms with Crippen LogP contribution in [0.4, 0.5) is 10.3 Å². The summed E-state index contributed by atoms with van der Waals surface area (Å²) in [5, 5.41) is 4.72. The zero-order valence-electron chi connectivity index (χ0n) is 18.4. The first kappa shape index (κ1) is 22.2. The third kappa shape index (κ3) is 3.84. The number of ether oxygens (including phenoxy) is 1. The Morgan fingerprint density at radius 2 is 2.06 bits per heavy atom. The van der Waals surface area contributed by atoms with Gasteiger partial charge in [-0.3, -0.25) is 14.3 Å². The number of nitrogens with zero attached hydrogens (tertiary/aromatic N) is 6. The largest absolute Gasteiger partial charge is 0.370 e. The van der Waals surface area contributed by atoms with E-state index < -0.39 is 11.4 Å². The molecule has 0 amide bonds. The monoisotopic (exact) mass is 482 g/mol. The summed E-state index contributed by atoms with van der Waals surface area (Å²) >= 11 is 5.94. The number of benzene rings is 1. The highest BCUT2D eigenvalue weighted by Crippen LogP contribution is 2.32. The van der Waals surface area contributed by atoms with Crippen LogP contribution in [0.5, 0.6) is 0 Å². The number of aryl methyl sites for hydroxylation is 1. The maximum atomic E-state index is 14.9. The number of halogens is 2. The second-order valence-corrected chi connectivity index (χ2v) is 8.50. The summed E-state index contributed by atoms with van der Waals surface area (Å²) in [5.74, 6) is -0.327. The number of carbonyl (C=O) groups is 1. The molecular weight excluding hydrogens is 463 g/mol. The fourth-order valence-corrected chi connectivity index (χ4v) is 4.22. The maximum absolute atomic E-state index is 14.9. The van der Waals surface area contributed by atoms with E-state index in [-0.39, 0.29) is 44.9 Å². The van der Waals surface area contributed by atoms with Gasteiger partial charge in [-0.15, -0.1) is 0 Å². The number of aldehydes is 1. The average molecular weight is 483 g/mol. The molecule has 9 nitrogen and oxygen atoms in total. The van der Waals surface area contributed by atoms with Crippen LogP contribution in [0.1, 0.15) is 22.2 Å². The number of carbonyl (C=O) groups excluding carboxylic acids is 1. The standard InChI is InChI=1S/C23H20ClFN6O3/c1-29-10-13(9-26-29)19-11-31(5-6-34-19)23-27-20(16-4-3-14(24)7-18(16)25)17-8-15(12-32)30(2)22(33)21(17)28-23/h3-4,7-10,12,19H,5-6,11H2,1-2H3/t19-/m1/s1. The number of hydrogen-bond donors (Lipinski definition) is 0. The van der Waals surface area contributed by atoms with E-state index in [1.807, 2.05) is 18.1 Å². The zero-order valence-corrected chi connectivity index (χ0v) is 19.2. The van der Waals surface area contributed by atoms with E-state index in [1.54, 1.807) is 16.9 Å². The second-order valence-electron chi connectivity index (χ2n) is 8.06. The van der Waals surface area contributed by atoms with Crippen LogP contribution in [0.25, 0.3) is 22.2 Å². The number of hydrogen-bond acceptors (Lipinski definition) is 7. The van der Waals surface area contributed by atoms with E-state index in [4.69, 9.17) is 16.3 Å². The molecule has 0 radical (unpaired) electrons. The fourth-order valence-electron chi connectivity index (χ4n) is 4.06. The van der Waals surface area contributed by atoms with Gasteiger partial charge < -0.3 is 14.2 Å². The Hall–Kier alpha value is -3.63. The first-order chi connectivity index (χ1) is 16.4. The molecule has 1 aliphatic heterocycles. The van der Waals surface area contributed by atoms with E-state index in [0.29, 0.717) is 26.0 Å². The molecule has 0 N–H and O–H groups in total. The molecule has 0 saturated carbocycles. The molecule has 3 aromatic heterocycles. The molecule has 1 aromatic carbocycles. The van der Waals surface area contributed by atoms with Crippen LogP contribution in [-0.4, -0.2) is 50.3 Å². The quantitative estimate of drug-likeness (QED) is 0.413. The van der Waals surface area contributed by atoms with Crippen LogP contribution in [-0.2, 0) is 18.8 Å². The SMILES string of the molecule is Cn1cc([C@H]2CN(c3nc(-c4ccc(Cl)cc4F)c4cc(C=O)n(C)c(=O)c4n3)CCO2)cn1. The minimum atomic E-state index is -0.595. The third-order valence-electron chi connectivity index (χ3n) is 5.87. The van der Waals surface area contributed by atoms with Crippen molar-refractivity contribution in [2.24, 2.45) is 14.1 Å². The van der Waals surface area contributed by atoms with Crippen molar-refractivity contribution in [1.82, 2.24) is 24.3 Å². The topological polar surface area (TPSA) is 95.1 Å². The van der Waals surface area contributed by atoms with Crippen molar-refractivity contribution in [2.45, 2.75) is 6.10 Å². The fraction of sp³-hybridized carbons (Fsp3) is 0.261. The van der Waals surface area contributed by atoms with Crippen LogP contribution < -0.4 is 10.5 Å². The zero-order chi connectivity index (χ0) is 24.0. The first-order valence-corrected chi connectivity index (χ1v) is 10.9. The van der Waals surface area contributed by atoms with Crippen molar-refractivity contribution >= 4 is 34.7 Å². The molecule has 34 heavy (non-hydrogen) atoms. The summed E-state index contributed by atoms with van der Waals surface area (Å²) in [5.41, 5.74) is 1.01. The molecule has 0 unspecified atom stereocenters. The maximum Gasteiger partial charge on any atom is 0.277 e. The Kier molecular flexibility index (Phi) is 5.62. The molecule has 0 bridgehead atoms. The van der Waals surface area contributed by atoms with Gasteiger partial charge in [0.25, 0.3) is 5.56 Å². The Balaban J connectivity index is 1.69. The lowest BCUT2D eigenvalue weighted by molar-refractivity contribution is 0.0392. The van der Waals surface area contributed by atoms with Crippen LogP contribution in [0, 0.1) is 5.82 Å². The molecule has 11 heteroatoms. The summed E-state index contributed by atoms with van der Waals surface area (Å²) < 4.78 is 23.8. The summed E-state index contributed by atoms with van der Waals surface area (Å²) in [7, 11) is 3.32. The number of anilines is 1. The van der Waals surface area contributed by atoms with Gasteiger partial charge in [-0.25, -0.2) is 14.4 Å². The lowest BCUT2D eigenvalue weighted by Gasteiger charge is -2.32. The highest BCUT2D eigenvalue weighted by molar-refractivity contribution is 6.30. The van der Waals surface area contributed by atoms with Gasteiger partial charge in [-0.1, -0.05) is 11.6 Å². The lowest BCUT2D eigenvalue weighted by atomic mass is 10.1.